The summed E-state index contributed by atoms with van der Waals surface area (Å²) in [6.45, 7) is 17.0. The molecule has 0 heteroatoms. The van der Waals surface area contributed by atoms with Crippen molar-refractivity contribution in [2.24, 2.45) is 23.2 Å². The number of rotatable bonds is 14. The molecule has 0 spiro atoms. The Kier molecular flexibility index (Phi) is 12.4. The van der Waals surface area contributed by atoms with Gasteiger partial charge in [-0.1, -0.05) is 113 Å². The molecule has 134 valence electrons. The van der Waals surface area contributed by atoms with Gasteiger partial charge in [0.15, 0.2) is 0 Å². The van der Waals surface area contributed by atoms with E-state index in [-0.39, 0.29) is 0 Å². The van der Waals surface area contributed by atoms with Crippen LogP contribution >= 0.6 is 0 Å². The lowest BCUT2D eigenvalue weighted by atomic mass is 9.67. The predicted octanol–water partition coefficient (Wildman–Crippen LogP) is 8.25. The van der Waals surface area contributed by atoms with Crippen LogP contribution in [0, 0.1) is 23.2 Å². The Bertz CT molecular complexity index is 238. The zero-order valence-electron chi connectivity index (χ0n) is 17.0. The third-order valence-electron chi connectivity index (χ3n) is 6.49. The summed E-state index contributed by atoms with van der Waals surface area (Å²) in [5.74, 6) is 2.80. The third-order valence-corrected chi connectivity index (χ3v) is 6.49. The Morgan fingerprint density at radius 1 is 0.773 bits per heavy atom. The first kappa shape index (κ1) is 22.0. The maximum atomic E-state index is 2.56. The van der Waals surface area contributed by atoms with Crippen LogP contribution in [0.5, 0.6) is 0 Å². The van der Waals surface area contributed by atoms with Crippen molar-refractivity contribution >= 4 is 0 Å². The van der Waals surface area contributed by atoms with E-state index in [1.807, 2.05) is 0 Å². The van der Waals surface area contributed by atoms with E-state index in [9.17, 15) is 0 Å². The summed E-state index contributed by atoms with van der Waals surface area (Å²) < 4.78 is 0. The molecule has 0 amide bonds. The van der Waals surface area contributed by atoms with E-state index in [1.54, 1.807) is 0 Å². The summed E-state index contributed by atoms with van der Waals surface area (Å²) in [7, 11) is 0. The van der Waals surface area contributed by atoms with Crippen molar-refractivity contribution in [1.29, 1.82) is 0 Å². The summed E-state index contributed by atoms with van der Waals surface area (Å²) in [6.07, 6.45) is 15.4. The lowest BCUT2D eigenvalue weighted by Gasteiger charge is -2.39. The van der Waals surface area contributed by atoms with E-state index < -0.39 is 0 Å². The van der Waals surface area contributed by atoms with Gasteiger partial charge in [-0.3, -0.25) is 0 Å². The van der Waals surface area contributed by atoms with Gasteiger partial charge in [0.25, 0.3) is 0 Å². The minimum Gasteiger partial charge on any atom is -0.0654 e. The van der Waals surface area contributed by atoms with Crippen LogP contribution in [0.1, 0.15) is 119 Å². The van der Waals surface area contributed by atoms with Gasteiger partial charge >= 0.3 is 0 Å². The molecule has 0 N–H and O–H groups in total. The summed E-state index contributed by atoms with van der Waals surface area (Å²) in [5, 5.41) is 0. The summed E-state index contributed by atoms with van der Waals surface area (Å²) in [6, 6.07) is 0. The van der Waals surface area contributed by atoms with Crippen molar-refractivity contribution in [1.82, 2.24) is 0 Å². The molecule has 0 aromatic heterocycles. The molecule has 0 heterocycles. The van der Waals surface area contributed by atoms with Gasteiger partial charge in [-0.2, -0.15) is 0 Å². The van der Waals surface area contributed by atoms with Gasteiger partial charge in [0.1, 0.15) is 0 Å². The maximum absolute atomic E-state index is 2.56. The van der Waals surface area contributed by atoms with Crippen LogP contribution in [0.15, 0.2) is 0 Å². The minimum atomic E-state index is 0.559. The first-order valence-electron chi connectivity index (χ1n) is 10.5. The van der Waals surface area contributed by atoms with Gasteiger partial charge in [0.2, 0.25) is 0 Å². The van der Waals surface area contributed by atoms with Crippen LogP contribution in [0.2, 0.25) is 0 Å². The Morgan fingerprint density at radius 2 is 1.36 bits per heavy atom. The number of unbranched alkanes of at least 4 members (excludes halogenated alkanes) is 3. The standard InChI is InChI=1S/C22H46/c1-8-13-15-16-19(6)21(18-22(7,11-4)12-5)20(10-3)17-14-9-2/h19-21H,8-18H2,1-7H3. The molecule has 0 nitrogen and oxygen atoms in total. The van der Waals surface area contributed by atoms with E-state index in [1.165, 1.54) is 70.6 Å². The fourth-order valence-electron chi connectivity index (χ4n) is 4.06. The lowest BCUT2D eigenvalue weighted by molar-refractivity contribution is 0.116. The fourth-order valence-corrected chi connectivity index (χ4v) is 4.06. The molecule has 0 aromatic rings. The lowest BCUT2D eigenvalue weighted by Crippen LogP contribution is -2.29. The number of hydrogen-bond acceptors (Lipinski definition) is 0. The molecule has 0 fully saturated rings. The van der Waals surface area contributed by atoms with Crippen molar-refractivity contribution in [3.8, 4) is 0 Å². The Balaban J connectivity index is 4.93. The van der Waals surface area contributed by atoms with Crippen molar-refractivity contribution in [2.75, 3.05) is 0 Å². The van der Waals surface area contributed by atoms with Crippen molar-refractivity contribution in [2.45, 2.75) is 119 Å². The van der Waals surface area contributed by atoms with Gasteiger partial charge < -0.3 is 0 Å². The topological polar surface area (TPSA) is 0 Å². The first-order valence-corrected chi connectivity index (χ1v) is 10.5. The monoisotopic (exact) mass is 310 g/mol. The highest BCUT2D eigenvalue weighted by molar-refractivity contribution is 4.82. The van der Waals surface area contributed by atoms with Crippen molar-refractivity contribution in [3.63, 3.8) is 0 Å². The van der Waals surface area contributed by atoms with Crippen LogP contribution in [0.4, 0.5) is 0 Å². The van der Waals surface area contributed by atoms with E-state index >= 15 is 0 Å². The SMILES string of the molecule is CCCCCC(C)C(CC(C)(CC)CC)C(CC)CCCC. The molecule has 0 aliphatic carbocycles. The van der Waals surface area contributed by atoms with Crippen LogP contribution in [0.3, 0.4) is 0 Å². The van der Waals surface area contributed by atoms with Gasteiger partial charge in [-0.15, -0.1) is 0 Å². The van der Waals surface area contributed by atoms with Gasteiger partial charge in [-0.05, 0) is 29.6 Å². The molecular weight excluding hydrogens is 264 g/mol. The van der Waals surface area contributed by atoms with E-state index in [2.05, 4.69) is 48.5 Å². The summed E-state index contributed by atoms with van der Waals surface area (Å²) in [4.78, 5) is 0. The van der Waals surface area contributed by atoms with Gasteiger partial charge in [0, 0.05) is 0 Å². The molecule has 3 unspecified atom stereocenters. The highest BCUT2D eigenvalue weighted by Gasteiger charge is 2.32. The van der Waals surface area contributed by atoms with E-state index in [0.29, 0.717) is 5.41 Å². The molecule has 0 saturated heterocycles. The second-order valence-electron chi connectivity index (χ2n) is 8.17. The molecule has 0 bridgehead atoms. The van der Waals surface area contributed by atoms with E-state index in [0.717, 1.165) is 17.8 Å². The Morgan fingerprint density at radius 3 is 1.82 bits per heavy atom. The van der Waals surface area contributed by atoms with Gasteiger partial charge in [0.05, 0.1) is 0 Å². The molecule has 0 aliphatic rings. The molecule has 0 rings (SSSR count). The second-order valence-corrected chi connectivity index (χ2v) is 8.17. The second kappa shape index (κ2) is 12.4. The van der Waals surface area contributed by atoms with Gasteiger partial charge in [-0.25, -0.2) is 0 Å². The van der Waals surface area contributed by atoms with Crippen LogP contribution < -0.4 is 0 Å². The quantitative estimate of drug-likeness (QED) is 0.283. The zero-order valence-corrected chi connectivity index (χ0v) is 17.0. The van der Waals surface area contributed by atoms with Crippen molar-refractivity contribution < 1.29 is 0 Å². The molecule has 3 atom stereocenters. The fraction of sp³-hybridized carbons (Fsp3) is 1.00. The maximum Gasteiger partial charge on any atom is -0.0328 e. The molecule has 0 radical (unpaired) electrons. The molecule has 0 saturated carbocycles. The normalized spacial score (nSPS) is 16.5. The Labute approximate surface area is 142 Å². The zero-order chi connectivity index (χ0) is 17.0. The van der Waals surface area contributed by atoms with E-state index in [4.69, 9.17) is 0 Å². The molecule has 0 aromatic carbocycles. The highest BCUT2D eigenvalue weighted by atomic mass is 14.4. The highest BCUT2D eigenvalue weighted by Crippen LogP contribution is 2.42. The summed E-state index contributed by atoms with van der Waals surface area (Å²) in [5.41, 5.74) is 0.559. The van der Waals surface area contributed by atoms with Crippen LogP contribution in [-0.2, 0) is 0 Å². The smallest absolute Gasteiger partial charge is 0.0328 e. The number of hydrogen-bond donors (Lipinski definition) is 0. The molecule has 0 aliphatic heterocycles. The summed E-state index contributed by atoms with van der Waals surface area (Å²) >= 11 is 0. The minimum absolute atomic E-state index is 0.559. The average molecular weight is 311 g/mol. The predicted molar refractivity (Wildman–Crippen MR) is 103 cm³/mol. The molecule has 22 heavy (non-hydrogen) atoms. The largest absolute Gasteiger partial charge is 0.0654 e. The van der Waals surface area contributed by atoms with Crippen molar-refractivity contribution in [3.05, 3.63) is 0 Å². The third kappa shape index (κ3) is 8.02. The first-order chi connectivity index (χ1) is 10.5. The van der Waals surface area contributed by atoms with Crippen LogP contribution in [-0.4, -0.2) is 0 Å². The molecular formula is C22H46. The van der Waals surface area contributed by atoms with Crippen LogP contribution in [0.25, 0.3) is 0 Å². The average Bonchev–Trinajstić information content (AvgIpc) is 2.54. The Hall–Kier alpha value is 0.